The number of halogens is 2. The molecule has 0 saturated carbocycles. The molecule has 0 radical (unpaired) electrons. The molecule has 9 heteroatoms. The minimum absolute atomic E-state index is 0.0171. The Kier molecular flexibility index (Phi) is 6.20. The smallest absolute Gasteiger partial charge is 0.256 e. The highest BCUT2D eigenvalue weighted by Gasteiger charge is 2.25. The van der Waals surface area contributed by atoms with E-state index in [-0.39, 0.29) is 29.8 Å². The molecule has 1 aromatic carbocycles. The maximum atomic E-state index is 14.4. The van der Waals surface area contributed by atoms with Crippen LogP contribution in [-0.4, -0.2) is 50.0 Å². The zero-order valence-corrected chi connectivity index (χ0v) is 16.2. The number of hydrogen-bond donors (Lipinski definition) is 0. The second-order valence-corrected chi connectivity index (χ2v) is 6.46. The van der Waals surface area contributed by atoms with Crippen molar-refractivity contribution in [1.29, 1.82) is 0 Å². The quantitative estimate of drug-likeness (QED) is 0.604. The molecule has 0 fully saturated rings. The number of para-hydroxylation sites is 1. The average Bonchev–Trinajstić information content (AvgIpc) is 3.22. The summed E-state index contributed by atoms with van der Waals surface area (Å²) in [4.78, 5) is 19.9. The van der Waals surface area contributed by atoms with Crippen molar-refractivity contribution in [1.82, 2.24) is 24.9 Å². The molecule has 1 unspecified atom stereocenters. The van der Waals surface area contributed by atoms with Gasteiger partial charge in [0, 0.05) is 18.8 Å². The van der Waals surface area contributed by atoms with Crippen molar-refractivity contribution >= 4 is 17.5 Å². The molecule has 28 heavy (non-hydrogen) atoms. The highest BCUT2D eigenvalue weighted by Crippen LogP contribution is 2.20. The number of rotatable bonds is 7. The van der Waals surface area contributed by atoms with Crippen LogP contribution in [0.5, 0.6) is 5.88 Å². The summed E-state index contributed by atoms with van der Waals surface area (Å²) >= 11 is 5.81. The summed E-state index contributed by atoms with van der Waals surface area (Å²) < 4.78 is 20.1. The average molecular weight is 404 g/mol. The lowest BCUT2D eigenvalue weighted by molar-refractivity contribution is 0.0645. The standard InChI is InChI=1S/C19H19ClFN5O2/c1-3-25(13(2)12-28-17-8-7-14(20)11-22-17)19(27)15-5-4-6-16(21)18(15)26-23-9-10-24-26/h4-11,13H,3,12H2,1-2H3. The van der Waals surface area contributed by atoms with Crippen LogP contribution in [-0.2, 0) is 0 Å². The van der Waals surface area contributed by atoms with Gasteiger partial charge in [0.1, 0.15) is 12.3 Å². The zero-order chi connectivity index (χ0) is 20.1. The number of nitrogens with zero attached hydrogens (tertiary/aromatic N) is 5. The molecule has 2 aromatic heterocycles. The van der Waals surface area contributed by atoms with Gasteiger partial charge in [0.15, 0.2) is 5.82 Å². The highest BCUT2D eigenvalue weighted by atomic mass is 35.5. The van der Waals surface area contributed by atoms with E-state index in [2.05, 4.69) is 15.2 Å². The molecule has 0 bridgehead atoms. The number of ether oxygens (including phenoxy) is 1. The summed E-state index contributed by atoms with van der Waals surface area (Å²) in [6.45, 7) is 4.33. The van der Waals surface area contributed by atoms with Crippen molar-refractivity contribution in [3.05, 3.63) is 65.3 Å². The van der Waals surface area contributed by atoms with Crippen molar-refractivity contribution < 1.29 is 13.9 Å². The van der Waals surface area contributed by atoms with Crippen molar-refractivity contribution in [3.8, 4) is 11.6 Å². The predicted octanol–water partition coefficient (Wildman–Crippen LogP) is 3.38. The fourth-order valence-corrected chi connectivity index (χ4v) is 2.89. The first-order valence-electron chi connectivity index (χ1n) is 8.71. The van der Waals surface area contributed by atoms with E-state index in [9.17, 15) is 9.18 Å². The Morgan fingerprint density at radius 3 is 2.68 bits per heavy atom. The van der Waals surface area contributed by atoms with Gasteiger partial charge in [-0.25, -0.2) is 9.37 Å². The molecular formula is C19H19ClFN5O2. The summed E-state index contributed by atoms with van der Waals surface area (Å²) in [5.41, 5.74) is 0.193. The van der Waals surface area contributed by atoms with E-state index in [0.717, 1.165) is 4.80 Å². The van der Waals surface area contributed by atoms with Crippen molar-refractivity contribution in [2.45, 2.75) is 19.9 Å². The van der Waals surface area contributed by atoms with Crippen LogP contribution in [0.4, 0.5) is 4.39 Å². The summed E-state index contributed by atoms with van der Waals surface area (Å²) in [6.07, 6.45) is 4.34. The Labute approximate surface area is 166 Å². The summed E-state index contributed by atoms with van der Waals surface area (Å²) in [7, 11) is 0. The van der Waals surface area contributed by atoms with Crippen LogP contribution in [0, 0.1) is 5.82 Å². The van der Waals surface area contributed by atoms with Crippen LogP contribution in [0.25, 0.3) is 5.69 Å². The van der Waals surface area contributed by atoms with Gasteiger partial charge in [-0.1, -0.05) is 17.7 Å². The van der Waals surface area contributed by atoms with E-state index in [1.54, 1.807) is 23.1 Å². The Hall–Kier alpha value is -3.00. The molecule has 1 amide bonds. The Balaban J connectivity index is 1.80. The second-order valence-electron chi connectivity index (χ2n) is 6.02. The van der Waals surface area contributed by atoms with Crippen LogP contribution in [0.2, 0.25) is 5.02 Å². The van der Waals surface area contributed by atoms with Crippen molar-refractivity contribution in [3.63, 3.8) is 0 Å². The summed E-state index contributed by atoms with van der Waals surface area (Å²) in [5.74, 6) is -0.506. The SMILES string of the molecule is CCN(C(=O)c1cccc(F)c1-n1nccn1)C(C)COc1ccc(Cl)cn1. The third-order valence-electron chi connectivity index (χ3n) is 4.14. The maximum Gasteiger partial charge on any atom is 0.256 e. The van der Waals surface area contributed by atoms with E-state index in [4.69, 9.17) is 16.3 Å². The predicted molar refractivity (Wildman–Crippen MR) is 102 cm³/mol. The van der Waals surface area contributed by atoms with Crippen molar-refractivity contribution in [2.75, 3.05) is 13.2 Å². The minimum Gasteiger partial charge on any atom is -0.475 e. The molecule has 1 atom stereocenters. The molecule has 3 rings (SSSR count). The van der Waals surface area contributed by atoms with E-state index in [0.29, 0.717) is 17.4 Å². The Bertz CT molecular complexity index is 934. The van der Waals surface area contributed by atoms with E-state index in [1.165, 1.54) is 30.7 Å². The molecule has 0 spiro atoms. The van der Waals surface area contributed by atoms with E-state index in [1.807, 2.05) is 13.8 Å². The van der Waals surface area contributed by atoms with Gasteiger partial charge in [-0.3, -0.25) is 4.79 Å². The Morgan fingerprint density at radius 1 is 1.29 bits per heavy atom. The lowest BCUT2D eigenvalue weighted by atomic mass is 10.1. The van der Waals surface area contributed by atoms with Crippen LogP contribution in [0.15, 0.2) is 48.9 Å². The maximum absolute atomic E-state index is 14.4. The first-order chi connectivity index (χ1) is 13.5. The number of amides is 1. The van der Waals surface area contributed by atoms with Gasteiger partial charge >= 0.3 is 0 Å². The van der Waals surface area contributed by atoms with Gasteiger partial charge in [0.05, 0.1) is 29.0 Å². The third-order valence-corrected chi connectivity index (χ3v) is 4.37. The highest BCUT2D eigenvalue weighted by molar-refractivity contribution is 6.30. The molecule has 3 aromatic rings. The number of benzene rings is 1. The minimum atomic E-state index is -0.577. The summed E-state index contributed by atoms with van der Waals surface area (Å²) in [5, 5.41) is 8.42. The summed E-state index contributed by atoms with van der Waals surface area (Å²) in [6, 6.07) is 7.36. The number of pyridine rings is 1. The monoisotopic (exact) mass is 403 g/mol. The van der Waals surface area contributed by atoms with Gasteiger partial charge in [-0.2, -0.15) is 10.2 Å². The molecule has 0 N–H and O–H groups in total. The third kappa shape index (κ3) is 4.28. The van der Waals surface area contributed by atoms with Crippen LogP contribution < -0.4 is 4.74 Å². The van der Waals surface area contributed by atoms with Gasteiger partial charge in [-0.05, 0) is 32.0 Å². The molecule has 146 valence electrons. The fraction of sp³-hybridized carbons (Fsp3) is 0.263. The van der Waals surface area contributed by atoms with Crippen LogP contribution in [0.3, 0.4) is 0 Å². The number of aromatic nitrogens is 4. The largest absolute Gasteiger partial charge is 0.475 e. The van der Waals surface area contributed by atoms with Gasteiger partial charge in [-0.15, -0.1) is 4.80 Å². The van der Waals surface area contributed by atoms with E-state index >= 15 is 0 Å². The number of hydrogen-bond acceptors (Lipinski definition) is 5. The lowest BCUT2D eigenvalue weighted by Crippen LogP contribution is -2.42. The number of carbonyl (C=O) groups excluding carboxylic acids is 1. The lowest BCUT2D eigenvalue weighted by Gasteiger charge is -2.28. The fourth-order valence-electron chi connectivity index (χ4n) is 2.78. The molecule has 7 nitrogen and oxygen atoms in total. The molecular weight excluding hydrogens is 385 g/mol. The van der Waals surface area contributed by atoms with Crippen LogP contribution in [0.1, 0.15) is 24.2 Å². The topological polar surface area (TPSA) is 73.1 Å². The van der Waals surface area contributed by atoms with E-state index < -0.39 is 5.82 Å². The molecule has 0 aliphatic rings. The number of likely N-dealkylation sites (N-methyl/N-ethyl adjacent to an activating group) is 1. The Morgan fingerprint density at radius 2 is 2.04 bits per heavy atom. The molecule has 0 saturated heterocycles. The van der Waals surface area contributed by atoms with Gasteiger partial charge in [0.25, 0.3) is 5.91 Å². The molecule has 2 heterocycles. The molecule has 0 aliphatic carbocycles. The normalized spacial score (nSPS) is 11.9. The first kappa shape index (κ1) is 19.8. The van der Waals surface area contributed by atoms with Gasteiger partial charge < -0.3 is 9.64 Å². The van der Waals surface area contributed by atoms with Gasteiger partial charge in [0.2, 0.25) is 5.88 Å². The van der Waals surface area contributed by atoms with Crippen molar-refractivity contribution in [2.24, 2.45) is 0 Å². The second kappa shape index (κ2) is 8.79. The molecule has 0 aliphatic heterocycles. The zero-order valence-electron chi connectivity index (χ0n) is 15.4. The number of carbonyl (C=O) groups is 1. The first-order valence-corrected chi connectivity index (χ1v) is 9.09. The van der Waals surface area contributed by atoms with Crippen LogP contribution >= 0.6 is 11.6 Å².